The number of nitrogens with zero attached hydrogens (tertiary/aromatic N) is 1. The van der Waals surface area contributed by atoms with Crippen molar-refractivity contribution in [3.63, 3.8) is 0 Å². The number of piperidine rings is 1. The van der Waals surface area contributed by atoms with Crippen LogP contribution in [0.25, 0.3) is 12.2 Å². The second-order valence-corrected chi connectivity index (χ2v) is 9.24. The summed E-state index contributed by atoms with van der Waals surface area (Å²) < 4.78 is 16.1. The molecule has 6 heteroatoms. The fraction of sp³-hybridized carbons (Fsp3) is 0.0769. The van der Waals surface area contributed by atoms with E-state index in [1.165, 1.54) is 17.0 Å². The molecule has 1 saturated heterocycles. The minimum Gasteiger partial charge on any atom is -0.330 e. The fourth-order valence-corrected chi connectivity index (χ4v) is 4.04. The van der Waals surface area contributed by atoms with Crippen LogP contribution in [0.5, 0.6) is 0 Å². The minimum absolute atomic E-state index is 0.00664. The zero-order chi connectivity index (χ0) is 22.7. The van der Waals surface area contributed by atoms with E-state index in [1.807, 2.05) is 48.5 Å². The molecule has 0 saturated carbocycles. The molecule has 1 heterocycles. The third-order valence-electron chi connectivity index (χ3n) is 5.12. The lowest BCUT2D eigenvalue weighted by Gasteiger charge is -2.30. The van der Waals surface area contributed by atoms with Crippen LogP contribution in [-0.4, -0.2) is 29.7 Å². The predicted octanol–water partition coefficient (Wildman–Crippen LogP) is 6.54. The third-order valence-corrected chi connectivity index (χ3v) is 6.18. The summed E-state index contributed by atoms with van der Waals surface area (Å²) in [6, 6.07) is 21.0. The van der Waals surface area contributed by atoms with E-state index in [4.69, 9.17) is 0 Å². The molecule has 3 nitrogen and oxygen atoms in total. The van der Waals surface area contributed by atoms with Crippen molar-refractivity contribution >= 4 is 55.7 Å². The van der Waals surface area contributed by atoms with Crippen molar-refractivity contribution in [3.8, 4) is 0 Å². The van der Waals surface area contributed by atoms with E-state index < -0.39 is 11.7 Å². The van der Waals surface area contributed by atoms with Gasteiger partial charge in [-0.2, -0.15) is 0 Å². The second kappa shape index (κ2) is 9.76. The van der Waals surface area contributed by atoms with Gasteiger partial charge in [-0.3, -0.25) is 9.59 Å². The average molecular weight is 555 g/mol. The number of benzene rings is 3. The number of ketones is 1. The van der Waals surface area contributed by atoms with Crippen molar-refractivity contribution in [2.24, 2.45) is 0 Å². The first-order valence-electron chi connectivity index (χ1n) is 9.91. The van der Waals surface area contributed by atoms with Crippen molar-refractivity contribution in [1.82, 2.24) is 4.90 Å². The molecule has 0 aromatic heterocycles. The van der Waals surface area contributed by atoms with Crippen LogP contribution in [0.3, 0.4) is 0 Å². The maximum atomic E-state index is 14.3. The highest BCUT2D eigenvalue weighted by atomic mass is 79.9. The smallest absolute Gasteiger partial charge is 0.257 e. The number of carbonyl (C=O) groups excluding carboxylic acids is 2. The summed E-state index contributed by atoms with van der Waals surface area (Å²) >= 11 is 6.81. The van der Waals surface area contributed by atoms with Crippen molar-refractivity contribution in [1.29, 1.82) is 0 Å². The van der Waals surface area contributed by atoms with Gasteiger partial charge in [-0.05, 0) is 59.7 Å². The summed E-state index contributed by atoms with van der Waals surface area (Å²) in [7, 11) is 0. The van der Waals surface area contributed by atoms with Crippen LogP contribution in [-0.2, 0) is 4.79 Å². The zero-order valence-corrected chi connectivity index (χ0v) is 20.1. The number of Topliss-reactive ketones (excluding diaryl/α,β-unsaturated/α-hetero) is 1. The molecule has 3 aromatic rings. The molecule has 3 aromatic carbocycles. The molecule has 0 unspecified atom stereocenters. The van der Waals surface area contributed by atoms with Crippen LogP contribution in [0.1, 0.15) is 21.5 Å². The summed E-state index contributed by atoms with van der Waals surface area (Å²) in [5.74, 6) is -1.14. The summed E-state index contributed by atoms with van der Waals surface area (Å²) in [5, 5.41) is 0. The summed E-state index contributed by atoms with van der Waals surface area (Å²) in [4.78, 5) is 27.9. The second-order valence-electron chi connectivity index (χ2n) is 7.41. The quantitative estimate of drug-likeness (QED) is 0.345. The molecule has 1 fully saturated rings. The summed E-state index contributed by atoms with van der Waals surface area (Å²) in [6.45, 7) is 0.222. The number of halogens is 3. The average Bonchev–Trinajstić information content (AvgIpc) is 2.79. The Bertz CT molecular complexity index is 1160. The van der Waals surface area contributed by atoms with Crippen LogP contribution in [0.4, 0.5) is 4.39 Å². The molecular weight excluding hydrogens is 537 g/mol. The van der Waals surface area contributed by atoms with Gasteiger partial charge in [-0.15, -0.1) is 0 Å². The summed E-state index contributed by atoms with van der Waals surface area (Å²) in [6.07, 6.45) is 3.57. The molecule has 160 valence electrons. The Kier molecular flexibility index (Phi) is 6.82. The lowest BCUT2D eigenvalue weighted by atomic mass is 9.93. The van der Waals surface area contributed by atoms with Crippen molar-refractivity contribution in [2.75, 3.05) is 13.1 Å². The number of hydrogen-bond donors (Lipinski definition) is 0. The minimum atomic E-state index is -0.578. The Morgan fingerprint density at radius 1 is 0.781 bits per heavy atom. The number of amides is 1. The van der Waals surface area contributed by atoms with Crippen LogP contribution in [0, 0.1) is 5.82 Å². The molecule has 1 aliphatic rings. The van der Waals surface area contributed by atoms with Crippen LogP contribution >= 0.6 is 31.9 Å². The number of hydrogen-bond acceptors (Lipinski definition) is 2. The van der Waals surface area contributed by atoms with Gasteiger partial charge in [-0.1, -0.05) is 68.3 Å². The number of carbonyl (C=O) groups is 2. The van der Waals surface area contributed by atoms with Gasteiger partial charge < -0.3 is 4.90 Å². The molecule has 0 bridgehead atoms. The van der Waals surface area contributed by atoms with Gasteiger partial charge in [0.1, 0.15) is 5.82 Å². The normalized spacial score (nSPS) is 16.6. The Balaban J connectivity index is 1.73. The lowest BCUT2D eigenvalue weighted by Crippen LogP contribution is -2.41. The van der Waals surface area contributed by atoms with Crippen LogP contribution < -0.4 is 0 Å². The highest BCUT2D eigenvalue weighted by Crippen LogP contribution is 2.25. The van der Waals surface area contributed by atoms with Gasteiger partial charge >= 0.3 is 0 Å². The van der Waals surface area contributed by atoms with Crippen molar-refractivity contribution < 1.29 is 14.0 Å². The Morgan fingerprint density at radius 2 is 1.25 bits per heavy atom. The largest absolute Gasteiger partial charge is 0.330 e. The molecule has 1 aliphatic heterocycles. The van der Waals surface area contributed by atoms with Crippen molar-refractivity contribution in [2.45, 2.75) is 0 Å². The number of likely N-dealkylation sites (tertiary alicyclic amines) is 1. The molecule has 0 aliphatic carbocycles. The zero-order valence-electron chi connectivity index (χ0n) is 16.9. The van der Waals surface area contributed by atoms with Crippen molar-refractivity contribution in [3.05, 3.63) is 115 Å². The molecule has 1 amide bonds. The Morgan fingerprint density at radius 3 is 1.72 bits per heavy atom. The van der Waals surface area contributed by atoms with Gasteiger partial charge in [-0.25, -0.2) is 4.39 Å². The maximum absolute atomic E-state index is 14.3. The SMILES string of the molecule is O=C1/C(=C\c2ccc(Br)cc2)CN(C(=O)c2ccccc2F)C/C1=C\c1ccc(Br)cc1. The van der Waals surface area contributed by atoms with E-state index in [0.29, 0.717) is 11.1 Å². The van der Waals surface area contributed by atoms with E-state index in [-0.39, 0.29) is 24.4 Å². The predicted molar refractivity (Wildman–Crippen MR) is 132 cm³/mol. The molecule has 0 spiro atoms. The Labute approximate surface area is 202 Å². The van der Waals surface area contributed by atoms with Crippen LogP contribution in [0.2, 0.25) is 0 Å². The first-order chi connectivity index (χ1) is 15.4. The molecular formula is C26H18Br2FNO2. The molecule has 0 atom stereocenters. The molecule has 32 heavy (non-hydrogen) atoms. The van der Waals surface area contributed by atoms with E-state index in [0.717, 1.165) is 20.1 Å². The Hall–Kier alpha value is -2.83. The molecule has 0 radical (unpaired) electrons. The van der Waals surface area contributed by atoms with Gasteiger partial charge in [0.05, 0.1) is 18.7 Å². The number of rotatable bonds is 3. The van der Waals surface area contributed by atoms with Crippen LogP contribution in [0.15, 0.2) is 92.9 Å². The standard InChI is InChI=1S/C26H18Br2FNO2/c27-21-9-5-17(6-10-21)13-19-15-30(26(32)23-3-1-2-4-24(23)29)16-20(25(19)31)14-18-7-11-22(28)12-8-18/h1-14H,15-16H2/b19-13-,20-14+. The maximum Gasteiger partial charge on any atom is 0.257 e. The topological polar surface area (TPSA) is 37.4 Å². The highest BCUT2D eigenvalue weighted by molar-refractivity contribution is 9.10. The highest BCUT2D eigenvalue weighted by Gasteiger charge is 2.30. The van der Waals surface area contributed by atoms with Gasteiger partial charge in [0, 0.05) is 20.1 Å². The molecule has 4 rings (SSSR count). The van der Waals surface area contributed by atoms with E-state index >= 15 is 0 Å². The monoisotopic (exact) mass is 553 g/mol. The third kappa shape index (κ3) is 5.14. The summed E-state index contributed by atoms with van der Waals surface area (Å²) in [5.41, 5.74) is 2.64. The van der Waals surface area contributed by atoms with Gasteiger partial charge in [0.25, 0.3) is 5.91 Å². The first kappa shape index (κ1) is 22.4. The molecule has 0 N–H and O–H groups in total. The van der Waals surface area contributed by atoms with Gasteiger partial charge in [0.2, 0.25) is 0 Å². The first-order valence-corrected chi connectivity index (χ1v) is 11.5. The van der Waals surface area contributed by atoms with E-state index in [2.05, 4.69) is 31.9 Å². The fourth-order valence-electron chi connectivity index (χ4n) is 3.51. The lowest BCUT2D eigenvalue weighted by molar-refractivity contribution is -0.113. The van der Waals surface area contributed by atoms with E-state index in [1.54, 1.807) is 24.3 Å². The van der Waals surface area contributed by atoms with E-state index in [9.17, 15) is 14.0 Å². The van der Waals surface area contributed by atoms with Gasteiger partial charge in [0.15, 0.2) is 5.78 Å².